The van der Waals surface area contributed by atoms with Crippen LogP contribution in [0, 0.1) is 5.82 Å². The fourth-order valence-corrected chi connectivity index (χ4v) is 2.64. The van der Waals surface area contributed by atoms with Crippen LogP contribution in [0.1, 0.15) is 18.5 Å². The van der Waals surface area contributed by atoms with Gasteiger partial charge in [0.05, 0.1) is 11.3 Å². The van der Waals surface area contributed by atoms with Crippen LogP contribution in [0.25, 0.3) is 11.3 Å². The number of fused-ring (bicyclic) bond motifs is 1. The Morgan fingerprint density at radius 2 is 1.95 bits per heavy atom. The minimum atomic E-state index is -0.265. The van der Waals surface area contributed by atoms with Gasteiger partial charge < -0.3 is 0 Å². The molecule has 1 aromatic carbocycles. The van der Waals surface area contributed by atoms with E-state index in [0.717, 1.165) is 22.5 Å². The molecule has 0 saturated heterocycles. The van der Waals surface area contributed by atoms with E-state index in [1.807, 2.05) is 20.0 Å². The first-order valence-electron chi connectivity index (χ1n) is 5.97. The van der Waals surface area contributed by atoms with Crippen molar-refractivity contribution in [3.63, 3.8) is 0 Å². The summed E-state index contributed by atoms with van der Waals surface area (Å²) in [5, 5.41) is 4.84. The van der Waals surface area contributed by atoms with Gasteiger partial charge in [0, 0.05) is 5.56 Å². The molecule has 19 heavy (non-hydrogen) atoms. The molecule has 0 aliphatic carbocycles. The predicted molar refractivity (Wildman–Crippen MR) is 71.3 cm³/mol. The van der Waals surface area contributed by atoms with Crippen molar-refractivity contribution in [2.75, 3.05) is 7.05 Å². The summed E-state index contributed by atoms with van der Waals surface area (Å²) in [5.41, 5.74) is 3.47. The van der Waals surface area contributed by atoms with Crippen LogP contribution in [0.15, 0.2) is 35.4 Å². The van der Waals surface area contributed by atoms with Crippen LogP contribution in [0.5, 0.6) is 0 Å². The van der Waals surface area contributed by atoms with Crippen molar-refractivity contribution in [2.45, 2.75) is 13.0 Å². The van der Waals surface area contributed by atoms with Crippen molar-refractivity contribution in [1.29, 1.82) is 0 Å². The number of hydrogen-bond acceptors (Lipinski definition) is 2. The SMILES string of the molecule is CC1N=[N+](C)c2c1cc(-c1ccc(F)cc1)nc2Cl. The lowest BCUT2D eigenvalue weighted by Crippen LogP contribution is -1.95. The molecule has 0 radical (unpaired) electrons. The van der Waals surface area contributed by atoms with Gasteiger partial charge in [-0.05, 0) is 42.4 Å². The van der Waals surface area contributed by atoms with Crippen molar-refractivity contribution in [2.24, 2.45) is 5.11 Å². The monoisotopic (exact) mass is 276 g/mol. The summed E-state index contributed by atoms with van der Waals surface area (Å²) in [7, 11) is 1.85. The largest absolute Gasteiger partial charge is 0.273 e. The molecule has 1 atom stereocenters. The highest BCUT2D eigenvalue weighted by atomic mass is 35.5. The van der Waals surface area contributed by atoms with E-state index in [1.165, 1.54) is 12.1 Å². The topological polar surface area (TPSA) is 28.3 Å². The molecule has 0 N–H and O–H groups in total. The van der Waals surface area contributed by atoms with Crippen LogP contribution >= 0.6 is 11.6 Å². The van der Waals surface area contributed by atoms with Crippen LogP contribution in [0.3, 0.4) is 0 Å². The lowest BCUT2D eigenvalue weighted by molar-refractivity contribution is -0.477. The van der Waals surface area contributed by atoms with Gasteiger partial charge in [-0.2, -0.15) is 0 Å². The Balaban J connectivity index is 2.14. The Labute approximate surface area is 115 Å². The van der Waals surface area contributed by atoms with Crippen LogP contribution in [-0.4, -0.2) is 16.7 Å². The third-order valence-corrected chi connectivity index (χ3v) is 3.50. The van der Waals surface area contributed by atoms with Crippen molar-refractivity contribution >= 4 is 17.3 Å². The van der Waals surface area contributed by atoms with Crippen LogP contribution in [-0.2, 0) is 0 Å². The van der Waals surface area contributed by atoms with E-state index in [4.69, 9.17) is 11.6 Å². The number of rotatable bonds is 1. The molecule has 2 heterocycles. The Hall–Kier alpha value is -1.81. The van der Waals surface area contributed by atoms with E-state index in [1.54, 1.807) is 16.8 Å². The highest BCUT2D eigenvalue weighted by Crippen LogP contribution is 2.40. The molecule has 2 aromatic rings. The van der Waals surface area contributed by atoms with Crippen molar-refractivity contribution < 1.29 is 9.09 Å². The van der Waals surface area contributed by atoms with E-state index in [2.05, 4.69) is 10.1 Å². The number of nitrogens with zero attached hydrogens (tertiary/aromatic N) is 3. The Kier molecular flexibility index (Phi) is 2.82. The summed E-state index contributed by atoms with van der Waals surface area (Å²) in [6, 6.07) is 8.24. The van der Waals surface area contributed by atoms with Gasteiger partial charge in [0.25, 0.3) is 5.69 Å². The molecule has 3 nitrogen and oxygen atoms in total. The molecule has 3 rings (SSSR count). The Morgan fingerprint density at radius 3 is 2.63 bits per heavy atom. The van der Waals surface area contributed by atoms with Crippen LogP contribution < -0.4 is 0 Å². The summed E-state index contributed by atoms with van der Waals surface area (Å²) in [6.07, 6.45) is 0. The smallest absolute Gasteiger partial charge is 0.230 e. The summed E-state index contributed by atoms with van der Waals surface area (Å²) in [6.45, 7) is 2.01. The van der Waals surface area contributed by atoms with Gasteiger partial charge in [-0.1, -0.05) is 16.3 Å². The van der Waals surface area contributed by atoms with Crippen molar-refractivity contribution in [3.05, 3.63) is 46.9 Å². The van der Waals surface area contributed by atoms with Crippen LogP contribution in [0.4, 0.5) is 10.1 Å². The highest BCUT2D eigenvalue weighted by molar-refractivity contribution is 6.31. The van der Waals surface area contributed by atoms with Crippen LogP contribution in [0.2, 0.25) is 5.15 Å². The summed E-state index contributed by atoms with van der Waals surface area (Å²) < 4.78 is 14.7. The molecule has 0 amide bonds. The Bertz CT molecular complexity index is 680. The van der Waals surface area contributed by atoms with E-state index >= 15 is 0 Å². The summed E-state index contributed by atoms with van der Waals surface area (Å²) >= 11 is 6.23. The van der Waals surface area contributed by atoms with Gasteiger partial charge in [-0.25, -0.2) is 9.37 Å². The number of benzene rings is 1. The maximum absolute atomic E-state index is 12.9. The average molecular weight is 277 g/mol. The predicted octanol–water partition coefficient (Wildman–Crippen LogP) is 4.34. The normalized spacial score (nSPS) is 17.3. The number of hydrogen-bond donors (Lipinski definition) is 0. The van der Waals surface area contributed by atoms with Crippen molar-refractivity contribution in [3.8, 4) is 11.3 Å². The quantitative estimate of drug-likeness (QED) is 0.562. The molecule has 0 bridgehead atoms. The third kappa shape index (κ3) is 2.02. The summed E-state index contributed by atoms with van der Waals surface area (Å²) in [4.78, 5) is 4.37. The average Bonchev–Trinajstić information content (AvgIpc) is 2.66. The molecule has 0 fully saturated rings. The minimum Gasteiger partial charge on any atom is -0.230 e. The van der Waals surface area contributed by atoms with Gasteiger partial charge in [-0.15, -0.1) is 0 Å². The molecule has 0 spiro atoms. The standard InChI is InChI=1S/C14H12ClFN3/c1-8-11-7-12(9-3-5-10(16)6-4-9)17-14(15)13(11)19(2)18-8/h3-8H,1-2H3/q+1. The van der Waals surface area contributed by atoms with Gasteiger partial charge >= 0.3 is 0 Å². The molecule has 5 heteroatoms. The zero-order chi connectivity index (χ0) is 13.6. The van der Waals surface area contributed by atoms with Crippen molar-refractivity contribution in [1.82, 2.24) is 4.98 Å². The fraction of sp³-hybridized carbons (Fsp3) is 0.214. The molecular formula is C14H12ClFN3+. The first kappa shape index (κ1) is 12.2. The lowest BCUT2D eigenvalue weighted by atomic mass is 10.0. The maximum Gasteiger partial charge on any atom is 0.273 e. The number of halogens is 2. The first-order chi connectivity index (χ1) is 9.06. The van der Waals surface area contributed by atoms with E-state index in [9.17, 15) is 4.39 Å². The van der Waals surface area contributed by atoms with E-state index in [0.29, 0.717) is 5.15 Å². The molecule has 1 aromatic heterocycles. The highest BCUT2D eigenvalue weighted by Gasteiger charge is 2.31. The van der Waals surface area contributed by atoms with Gasteiger partial charge in [0.2, 0.25) is 5.15 Å². The zero-order valence-corrected chi connectivity index (χ0v) is 11.3. The minimum absolute atomic E-state index is 0.0553. The fourth-order valence-electron chi connectivity index (χ4n) is 2.31. The molecule has 1 unspecified atom stereocenters. The molecular weight excluding hydrogens is 265 g/mol. The van der Waals surface area contributed by atoms with Gasteiger partial charge in [0.15, 0.2) is 7.05 Å². The molecule has 0 saturated carbocycles. The lowest BCUT2D eigenvalue weighted by Gasteiger charge is -2.04. The summed E-state index contributed by atoms with van der Waals surface area (Å²) in [5.74, 6) is -0.265. The van der Waals surface area contributed by atoms with Gasteiger partial charge in [0.1, 0.15) is 11.9 Å². The number of aromatic nitrogens is 1. The second-order valence-electron chi connectivity index (χ2n) is 4.56. The Morgan fingerprint density at radius 1 is 1.26 bits per heavy atom. The maximum atomic E-state index is 12.9. The number of azo groups is 2. The van der Waals surface area contributed by atoms with Gasteiger partial charge in [-0.3, -0.25) is 0 Å². The second-order valence-corrected chi connectivity index (χ2v) is 4.92. The molecule has 96 valence electrons. The third-order valence-electron chi connectivity index (χ3n) is 3.24. The van der Waals surface area contributed by atoms with E-state index < -0.39 is 0 Å². The first-order valence-corrected chi connectivity index (χ1v) is 6.35. The molecule has 1 aliphatic rings. The van der Waals surface area contributed by atoms with E-state index in [-0.39, 0.29) is 11.9 Å². The number of pyridine rings is 1. The second kappa shape index (κ2) is 4.38. The zero-order valence-electron chi connectivity index (χ0n) is 10.6. The molecule has 1 aliphatic heterocycles.